The van der Waals surface area contributed by atoms with Crippen LogP contribution in [0.3, 0.4) is 0 Å². The number of hydrogen-bond acceptors (Lipinski definition) is 1. The van der Waals surface area contributed by atoms with Gasteiger partial charge in [0.15, 0.2) is 0 Å². The fraction of sp³-hybridized carbons (Fsp3) is 0.500. The van der Waals surface area contributed by atoms with Crippen molar-refractivity contribution in [2.45, 2.75) is 26.7 Å². The summed E-state index contributed by atoms with van der Waals surface area (Å²) in [5.74, 6) is 0. The number of halogens is 1. The molecule has 0 amide bonds. The maximum absolute atomic E-state index is 6.07. The second kappa shape index (κ2) is 4.81. The Hall–Kier alpha value is -0.530. The van der Waals surface area contributed by atoms with Crippen LogP contribution in [0, 0.1) is 5.41 Å². The van der Waals surface area contributed by atoms with Crippen molar-refractivity contribution in [1.29, 1.82) is 0 Å². The molecule has 2 N–H and O–H groups in total. The van der Waals surface area contributed by atoms with Crippen molar-refractivity contribution in [2.24, 2.45) is 11.1 Å². The number of rotatable bonds is 4. The number of hydrogen-bond donors (Lipinski definition) is 1. The van der Waals surface area contributed by atoms with E-state index in [1.165, 1.54) is 5.56 Å². The molecule has 1 aromatic rings. The molecule has 0 saturated carbocycles. The van der Waals surface area contributed by atoms with Crippen LogP contribution in [0.4, 0.5) is 0 Å². The highest BCUT2D eigenvalue weighted by molar-refractivity contribution is 6.31. The van der Waals surface area contributed by atoms with Crippen molar-refractivity contribution in [3.05, 3.63) is 34.9 Å². The predicted octanol–water partition coefficient (Wildman–Crippen LogP) is 3.26. The molecule has 0 aromatic heterocycles. The summed E-state index contributed by atoms with van der Waals surface area (Å²) < 4.78 is 0. The van der Waals surface area contributed by atoms with Crippen molar-refractivity contribution in [1.82, 2.24) is 0 Å². The van der Waals surface area contributed by atoms with E-state index in [1.54, 1.807) is 0 Å². The lowest BCUT2D eigenvalue weighted by Gasteiger charge is -2.22. The molecule has 14 heavy (non-hydrogen) atoms. The van der Waals surface area contributed by atoms with Crippen molar-refractivity contribution in [3.63, 3.8) is 0 Å². The lowest BCUT2D eigenvalue weighted by Crippen LogP contribution is -2.24. The van der Waals surface area contributed by atoms with E-state index in [1.807, 2.05) is 18.2 Å². The van der Waals surface area contributed by atoms with Crippen LogP contribution >= 0.6 is 11.6 Å². The first-order chi connectivity index (χ1) is 6.55. The van der Waals surface area contributed by atoms with Gasteiger partial charge in [-0.15, -0.1) is 0 Å². The zero-order chi connectivity index (χ0) is 10.6. The standard InChI is InChI=1S/C12H18ClN/c1-12(2,9-14)8-7-10-5-3-4-6-11(10)13/h3-6H,7-9,14H2,1-2H3. The van der Waals surface area contributed by atoms with Crippen LogP contribution in [0.15, 0.2) is 24.3 Å². The van der Waals surface area contributed by atoms with Crippen LogP contribution in [-0.4, -0.2) is 6.54 Å². The van der Waals surface area contributed by atoms with Gasteiger partial charge in [-0.2, -0.15) is 0 Å². The highest BCUT2D eigenvalue weighted by Gasteiger charge is 2.15. The van der Waals surface area contributed by atoms with Gasteiger partial charge in [-0.25, -0.2) is 0 Å². The minimum Gasteiger partial charge on any atom is -0.330 e. The molecule has 0 atom stereocenters. The Morgan fingerprint density at radius 1 is 1.29 bits per heavy atom. The molecule has 0 unspecified atom stereocenters. The molecule has 78 valence electrons. The van der Waals surface area contributed by atoms with E-state index in [4.69, 9.17) is 17.3 Å². The zero-order valence-electron chi connectivity index (χ0n) is 8.89. The van der Waals surface area contributed by atoms with Crippen LogP contribution in [0.5, 0.6) is 0 Å². The molecule has 1 aromatic carbocycles. The second-order valence-corrected chi connectivity index (χ2v) is 4.87. The van der Waals surface area contributed by atoms with E-state index in [2.05, 4.69) is 19.9 Å². The summed E-state index contributed by atoms with van der Waals surface area (Å²) in [7, 11) is 0. The van der Waals surface area contributed by atoms with E-state index < -0.39 is 0 Å². The van der Waals surface area contributed by atoms with Gasteiger partial charge in [0.25, 0.3) is 0 Å². The molecule has 1 rings (SSSR count). The highest BCUT2D eigenvalue weighted by atomic mass is 35.5. The Bertz CT molecular complexity index is 294. The first-order valence-corrected chi connectivity index (χ1v) is 5.36. The summed E-state index contributed by atoms with van der Waals surface area (Å²) in [5, 5.41) is 0.861. The monoisotopic (exact) mass is 211 g/mol. The molecule has 0 saturated heterocycles. The fourth-order valence-corrected chi connectivity index (χ4v) is 1.51. The van der Waals surface area contributed by atoms with E-state index in [0.29, 0.717) is 0 Å². The fourth-order valence-electron chi connectivity index (χ4n) is 1.28. The normalized spacial score (nSPS) is 11.7. The van der Waals surface area contributed by atoms with Crippen molar-refractivity contribution >= 4 is 11.6 Å². The van der Waals surface area contributed by atoms with E-state index >= 15 is 0 Å². The first-order valence-electron chi connectivity index (χ1n) is 4.99. The molecule has 0 radical (unpaired) electrons. The smallest absolute Gasteiger partial charge is 0.0437 e. The van der Waals surface area contributed by atoms with Gasteiger partial charge in [0.2, 0.25) is 0 Å². The van der Waals surface area contributed by atoms with Crippen LogP contribution in [0.25, 0.3) is 0 Å². The Morgan fingerprint density at radius 3 is 2.50 bits per heavy atom. The minimum absolute atomic E-state index is 0.208. The SMILES string of the molecule is CC(C)(CN)CCc1ccccc1Cl. The van der Waals surface area contributed by atoms with Gasteiger partial charge in [0.1, 0.15) is 0 Å². The highest BCUT2D eigenvalue weighted by Crippen LogP contribution is 2.24. The van der Waals surface area contributed by atoms with Crippen molar-refractivity contribution in [3.8, 4) is 0 Å². The third kappa shape index (κ3) is 3.32. The van der Waals surface area contributed by atoms with E-state index in [0.717, 1.165) is 24.4 Å². The molecule has 0 heterocycles. The lowest BCUT2D eigenvalue weighted by molar-refractivity contribution is 0.348. The molecule has 2 heteroatoms. The van der Waals surface area contributed by atoms with Crippen LogP contribution in [-0.2, 0) is 6.42 Å². The zero-order valence-corrected chi connectivity index (χ0v) is 9.64. The van der Waals surface area contributed by atoms with Gasteiger partial charge >= 0.3 is 0 Å². The number of aryl methyl sites for hydroxylation is 1. The minimum atomic E-state index is 0.208. The van der Waals surface area contributed by atoms with Gasteiger partial charge in [-0.05, 0) is 36.4 Å². The van der Waals surface area contributed by atoms with Crippen molar-refractivity contribution < 1.29 is 0 Å². The summed E-state index contributed by atoms with van der Waals surface area (Å²) >= 11 is 6.07. The molecule has 0 aliphatic carbocycles. The number of nitrogens with two attached hydrogens (primary N) is 1. The van der Waals surface area contributed by atoms with Crippen LogP contribution < -0.4 is 5.73 Å². The first kappa shape index (κ1) is 11.5. The molecule has 1 nitrogen and oxygen atoms in total. The lowest BCUT2D eigenvalue weighted by atomic mass is 9.86. The summed E-state index contributed by atoms with van der Waals surface area (Å²) in [5.41, 5.74) is 7.10. The summed E-state index contributed by atoms with van der Waals surface area (Å²) in [6.45, 7) is 5.09. The second-order valence-electron chi connectivity index (χ2n) is 4.46. The molecule has 0 spiro atoms. The summed E-state index contributed by atoms with van der Waals surface area (Å²) in [4.78, 5) is 0. The van der Waals surface area contributed by atoms with Gasteiger partial charge < -0.3 is 5.73 Å². The maximum atomic E-state index is 6.07. The average molecular weight is 212 g/mol. The maximum Gasteiger partial charge on any atom is 0.0437 e. The molecule has 0 bridgehead atoms. The summed E-state index contributed by atoms with van der Waals surface area (Å²) in [6.07, 6.45) is 2.08. The Kier molecular flexibility index (Phi) is 3.97. The van der Waals surface area contributed by atoms with Gasteiger partial charge in [-0.3, -0.25) is 0 Å². The van der Waals surface area contributed by atoms with Gasteiger partial charge in [-0.1, -0.05) is 43.6 Å². The summed E-state index contributed by atoms with van der Waals surface area (Å²) in [6, 6.07) is 8.00. The quantitative estimate of drug-likeness (QED) is 0.813. The van der Waals surface area contributed by atoms with Gasteiger partial charge in [0.05, 0.1) is 0 Å². The van der Waals surface area contributed by atoms with Gasteiger partial charge in [0, 0.05) is 5.02 Å². The largest absolute Gasteiger partial charge is 0.330 e. The van der Waals surface area contributed by atoms with Crippen molar-refractivity contribution in [2.75, 3.05) is 6.54 Å². The molecule has 0 aliphatic heterocycles. The van der Waals surface area contributed by atoms with E-state index in [-0.39, 0.29) is 5.41 Å². The Balaban J connectivity index is 2.58. The molecule has 0 fully saturated rings. The average Bonchev–Trinajstić information content (AvgIpc) is 2.17. The molecular weight excluding hydrogens is 194 g/mol. The van der Waals surface area contributed by atoms with Crippen LogP contribution in [0.1, 0.15) is 25.8 Å². The molecule has 0 aliphatic rings. The third-order valence-electron chi connectivity index (χ3n) is 2.58. The number of benzene rings is 1. The topological polar surface area (TPSA) is 26.0 Å². The third-order valence-corrected chi connectivity index (χ3v) is 2.95. The van der Waals surface area contributed by atoms with E-state index in [9.17, 15) is 0 Å². The Labute approximate surface area is 91.3 Å². The Morgan fingerprint density at radius 2 is 1.93 bits per heavy atom. The predicted molar refractivity (Wildman–Crippen MR) is 62.6 cm³/mol. The molecular formula is C12H18ClN. The van der Waals surface area contributed by atoms with Crippen LogP contribution in [0.2, 0.25) is 5.02 Å².